The lowest BCUT2D eigenvalue weighted by Gasteiger charge is -2.12. The number of sulfonamides is 1. The molecule has 0 saturated heterocycles. The third kappa shape index (κ3) is 3.53. The molecule has 1 N–H and O–H groups in total. The number of anilines is 1. The number of rotatable bonds is 3. The minimum Gasteiger partial charge on any atom is -0.278 e. The van der Waals surface area contributed by atoms with E-state index in [-0.39, 0.29) is 5.69 Å². The normalized spacial score (nSPS) is 11.5. The van der Waals surface area contributed by atoms with E-state index < -0.39 is 26.6 Å². The quantitative estimate of drug-likeness (QED) is 0.831. The Balaban J connectivity index is 2.47. The second-order valence-electron chi connectivity index (χ2n) is 4.26. The van der Waals surface area contributed by atoms with Gasteiger partial charge in [0.1, 0.15) is 16.5 Å². The first-order chi connectivity index (χ1) is 9.70. The zero-order valence-electron chi connectivity index (χ0n) is 10.6. The molecule has 0 atom stereocenters. The second-order valence-corrected chi connectivity index (χ2v) is 7.17. The van der Waals surface area contributed by atoms with Gasteiger partial charge in [-0.05, 0) is 58.7 Å². The van der Waals surface area contributed by atoms with Crippen LogP contribution in [0.5, 0.6) is 0 Å². The zero-order valence-corrected chi connectivity index (χ0v) is 13.8. The van der Waals surface area contributed by atoms with E-state index in [2.05, 4.69) is 20.7 Å². The number of nitrogens with one attached hydrogen (secondary N) is 1. The van der Waals surface area contributed by atoms with Gasteiger partial charge in [-0.2, -0.15) is 0 Å². The van der Waals surface area contributed by atoms with Crippen LogP contribution in [0.25, 0.3) is 0 Å². The van der Waals surface area contributed by atoms with Crippen LogP contribution in [0.2, 0.25) is 5.02 Å². The molecule has 0 spiro atoms. The third-order valence-electron chi connectivity index (χ3n) is 2.68. The summed E-state index contributed by atoms with van der Waals surface area (Å²) in [6.45, 7) is 1.75. The highest BCUT2D eigenvalue weighted by molar-refractivity contribution is 9.10. The maximum absolute atomic E-state index is 13.6. The van der Waals surface area contributed by atoms with Crippen LogP contribution in [-0.4, -0.2) is 8.42 Å². The summed E-state index contributed by atoms with van der Waals surface area (Å²) in [5.74, 6) is -1.89. The molecule has 0 heterocycles. The average Bonchev–Trinajstić information content (AvgIpc) is 2.38. The predicted molar refractivity (Wildman–Crippen MR) is 81.1 cm³/mol. The van der Waals surface area contributed by atoms with Crippen molar-refractivity contribution in [3.05, 3.63) is 57.0 Å². The van der Waals surface area contributed by atoms with Crippen LogP contribution in [0.3, 0.4) is 0 Å². The Morgan fingerprint density at radius 3 is 2.52 bits per heavy atom. The van der Waals surface area contributed by atoms with Crippen molar-refractivity contribution in [2.75, 3.05) is 4.72 Å². The van der Waals surface area contributed by atoms with Crippen molar-refractivity contribution in [2.24, 2.45) is 0 Å². The second kappa shape index (κ2) is 5.90. The smallest absolute Gasteiger partial charge is 0.264 e. The highest BCUT2D eigenvalue weighted by Gasteiger charge is 2.21. The molecule has 0 aromatic heterocycles. The Morgan fingerprint density at radius 2 is 1.86 bits per heavy atom. The molecule has 2 rings (SSSR count). The maximum Gasteiger partial charge on any atom is 0.264 e. The number of hydrogen-bond acceptors (Lipinski definition) is 2. The predicted octanol–water partition coefficient (Wildman–Crippen LogP) is 4.49. The van der Waals surface area contributed by atoms with Crippen molar-refractivity contribution in [2.45, 2.75) is 11.8 Å². The Bertz CT molecular complexity index is 812. The van der Waals surface area contributed by atoms with Gasteiger partial charge in [0, 0.05) is 9.50 Å². The molecule has 0 radical (unpaired) electrons. The third-order valence-corrected chi connectivity index (χ3v) is 5.12. The molecular weight excluding hydrogens is 388 g/mol. The Kier molecular flexibility index (Phi) is 4.55. The molecule has 0 fully saturated rings. The number of aryl methyl sites for hydroxylation is 1. The lowest BCUT2D eigenvalue weighted by atomic mass is 10.2. The standard InChI is InChI=1S/C13H9BrClF2NO2S/c1-7-4-9(14)12(6-10(7)15)18-21(19,20)13-5-8(16)2-3-11(13)17/h2-6,18H,1H3. The largest absolute Gasteiger partial charge is 0.278 e. The summed E-state index contributed by atoms with van der Waals surface area (Å²) in [5.41, 5.74) is 0.873. The van der Waals surface area contributed by atoms with Crippen LogP contribution in [-0.2, 0) is 10.0 Å². The van der Waals surface area contributed by atoms with Gasteiger partial charge in [0.05, 0.1) is 5.69 Å². The van der Waals surface area contributed by atoms with E-state index in [0.717, 1.165) is 17.7 Å². The molecule has 0 aliphatic rings. The van der Waals surface area contributed by atoms with Crippen LogP contribution in [0.1, 0.15) is 5.56 Å². The Hall–Kier alpha value is -1.18. The molecule has 112 valence electrons. The lowest BCUT2D eigenvalue weighted by molar-refractivity contribution is 0.555. The highest BCUT2D eigenvalue weighted by atomic mass is 79.9. The van der Waals surface area contributed by atoms with Crippen molar-refractivity contribution < 1.29 is 17.2 Å². The lowest BCUT2D eigenvalue weighted by Crippen LogP contribution is -2.15. The average molecular weight is 397 g/mol. The summed E-state index contributed by atoms with van der Waals surface area (Å²) < 4.78 is 53.6. The number of hydrogen-bond donors (Lipinski definition) is 1. The first-order valence-electron chi connectivity index (χ1n) is 5.64. The van der Waals surface area contributed by atoms with Crippen molar-refractivity contribution >= 4 is 43.2 Å². The number of halogens is 4. The fraction of sp³-hybridized carbons (Fsp3) is 0.0769. The topological polar surface area (TPSA) is 46.2 Å². The maximum atomic E-state index is 13.6. The Labute approximate surface area is 134 Å². The molecule has 3 nitrogen and oxygen atoms in total. The van der Waals surface area contributed by atoms with E-state index in [9.17, 15) is 17.2 Å². The summed E-state index contributed by atoms with van der Waals surface area (Å²) >= 11 is 9.11. The molecular formula is C13H9BrClF2NO2S. The number of benzene rings is 2. The monoisotopic (exact) mass is 395 g/mol. The fourth-order valence-electron chi connectivity index (χ4n) is 1.61. The summed E-state index contributed by atoms with van der Waals surface area (Å²) in [6.07, 6.45) is 0. The van der Waals surface area contributed by atoms with Gasteiger partial charge in [-0.3, -0.25) is 4.72 Å². The molecule has 0 bridgehead atoms. The van der Waals surface area contributed by atoms with Gasteiger partial charge in [-0.25, -0.2) is 17.2 Å². The van der Waals surface area contributed by atoms with Crippen molar-refractivity contribution in [1.29, 1.82) is 0 Å². The molecule has 2 aromatic carbocycles. The van der Waals surface area contributed by atoms with E-state index in [1.165, 1.54) is 6.07 Å². The van der Waals surface area contributed by atoms with Gasteiger partial charge in [-0.15, -0.1) is 0 Å². The minimum atomic E-state index is -4.27. The van der Waals surface area contributed by atoms with Gasteiger partial charge >= 0.3 is 0 Å². The van der Waals surface area contributed by atoms with E-state index in [1.54, 1.807) is 13.0 Å². The van der Waals surface area contributed by atoms with E-state index >= 15 is 0 Å². The molecule has 21 heavy (non-hydrogen) atoms. The van der Waals surface area contributed by atoms with Gasteiger partial charge in [0.15, 0.2) is 0 Å². The van der Waals surface area contributed by atoms with Gasteiger partial charge in [0.2, 0.25) is 0 Å². The zero-order chi connectivity index (χ0) is 15.8. The van der Waals surface area contributed by atoms with E-state index in [1.807, 2.05) is 0 Å². The van der Waals surface area contributed by atoms with Gasteiger partial charge < -0.3 is 0 Å². The minimum absolute atomic E-state index is 0.134. The van der Waals surface area contributed by atoms with Crippen LogP contribution in [0.15, 0.2) is 39.7 Å². The fourth-order valence-corrected chi connectivity index (χ4v) is 3.62. The van der Waals surface area contributed by atoms with E-state index in [0.29, 0.717) is 15.6 Å². The summed E-state index contributed by atoms with van der Waals surface area (Å²) in [7, 11) is -4.27. The molecule has 2 aromatic rings. The first kappa shape index (κ1) is 16.2. The van der Waals surface area contributed by atoms with Gasteiger partial charge in [-0.1, -0.05) is 11.6 Å². The van der Waals surface area contributed by atoms with Crippen LogP contribution in [0, 0.1) is 18.6 Å². The van der Waals surface area contributed by atoms with Crippen LogP contribution in [0.4, 0.5) is 14.5 Å². The summed E-state index contributed by atoms with van der Waals surface area (Å²) in [5, 5.41) is 0.343. The molecule has 0 unspecified atom stereocenters. The SMILES string of the molecule is Cc1cc(Br)c(NS(=O)(=O)c2cc(F)ccc2F)cc1Cl. The summed E-state index contributed by atoms with van der Waals surface area (Å²) in [6, 6.07) is 5.20. The van der Waals surface area contributed by atoms with Crippen LogP contribution < -0.4 is 4.72 Å². The van der Waals surface area contributed by atoms with E-state index in [4.69, 9.17) is 11.6 Å². The summed E-state index contributed by atoms with van der Waals surface area (Å²) in [4.78, 5) is -0.772. The van der Waals surface area contributed by atoms with Crippen molar-refractivity contribution in [1.82, 2.24) is 0 Å². The van der Waals surface area contributed by atoms with Crippen LogP contribution >= 0.6 is 27.5 Å². The first-order valence-corrected chi connectivity index (χ1v) is 8.29. The molecule has 0 saturated carbocycles. The molecule has 0 aliphatic carbocycles. The Morgan fingerprint density at radius 1 is 1.19 bits per heavy atom. The highest BCUT2D eigenvalue weighted by Crippen LogP contribution is 2.31. The van der Waals surface area contributed by atoms with Crippen molar-refractivity contribution in [3.63, 3.8) is 0 Å². The van der Waals surface area contributed by atoms with Crippen molar-refractivity contribution in [3.8, 4) is 0 Å². The molecule has 0 aliphatic heterocycles. The molecule has 8 heteroatoms. The molecule has 0 amide bonds. The van der Waals surface area contributed by atoms with Gasteiger partial charge in [0.25, 0.3) is 10.0 Å².